The molecule has 138 valence electrons. The predicted molar refractivity (Wildman–Crippen MR) is 98.1 cm³/mol. The van der Waals surface area contributed by atoms with E-state index in [-0.39, 0.29) is 16.7 Å². The quantitative estimate of drug-likeness (QED) is 0.537. The van der Waals surface area contributed by atoms with Gasteiger partial charge in [-0.3, -0.25) is 10.1 Å². The highest BCUT2D eigenvalue weighted by molar-refractivity contribution is 7.94. The van der Waals surface area contributed by atoms with Crippen molar-refractivity contribution in [3.05, 3.63) is 63.6 Å². The molecular formula is C18H19NO6S. The lowest BCUT2D eigenvalue weighted by Crippen LogP contribution is -2.08. The summed E-state index contributed by atoms with van der Waals surface area (Å²) >= 11 is 0. The summed E-state index contributed by atoms with van der Waals surface area (Å²) in [4.78, 5) is 10.1. The van der Waals surface area contributed by atoms with Gasteiger partial charge in [0, 0.05) is 23.1 Å². The van der Waals surface area contributed by atoms with Crippen molar-refractivity contribution in [3.63, 3.8) is 0 Å². The minimum Gasteiger partial charge on any atom is -0.493 e. The summed E-state index contributed by atoms with van der Waals surface area (Å²) in [7, 11) is -2.26. The summed E-state index contributed by atoms with van der Waals surface area (Å²) in [5, 5.41) is 11.7. The summed E-state index contributed by atoms with van der Waals surface area (Å²) in [5.41, 5.74) is 0.372. The average molecular weight is 377 g/mol. The largest absolute Gasteiger partial charge is 0.493 e. The van der Waals surface area contributed by atoms with Gasteiger partial charge in [0.15, 0.2) is 21.3 Å². The molecule has 0 saturated carbocycles. The first-order valence-corrected chi connectivity index (χ1v) is 9.30. The van der Waals surface area contributed by atoms with Gasteiger partial charge in [0.05, 0.1) is 23.0 Å². The minimum absolute atomic E-state index is 0.0337. The molecule has 0 aromatic heterocycles. The van der Waals surface area contributed by atoms with E-state index in [2.05, 4.69) is 0 Å². The van der Waals surface area contributed by atoms with E-state index in [9.17, 15) is 18.5 Å². The number of nitrogens with zero attached hydrogens (tertiary/aromatic N) is 1. The Kier molecular flexibility index (Phi) is 5.99. The van der Waals surface area contributed by atoms with Crippen LogP contribution in [0.3, 0.4) is 0 Å². The number of nitro groups is 1. The molecule has 8 heteroatoms. The summed E-state index contributed by atoms with van der Waals surface area (Å²) in [6.07, 6.45) is 1.29. The number of rotatable bonds is 7. The van der Waals surface area contributed by atoms with E-state index in [4.69, 9.17) is 9.47 Å². The number of ether oxygens (including phenoxy) is 2. The van der Waals surface area contributed by atoms with Crippen molar-refractivity contribution in [1.82, 2.24) is 0 Å². The maximum Gasteiger partial charge on any atom is 0.269 e. The van der Waals surface area contributed by atoms with Gasteiger partial charge < -0.3 is 9.47 Å². The summed E-state index contributed by atoms with van der Waals surface area (Å²) in [5.74, 6) is 0.939. The monoisotopic (exact) mass is 377 g/mol. The number of nitro benzene ring substituents is 1. The van der Waals surface area contributed by atoms with E-state index in [1.807, 2.05) is 13.8 Å². The van der Waals surface area contributed by atoms with Crippen LogP contribution < -0.4 is 9.47 Å². The first-order valence-electron chi connectivity index (χ1n) is 7.76. The van der Waals surface area contributed by atoms with E-state index in [1.54, 1.807) is 18.2 Å². The lowest BCUT2D eigenvalue weighted by atomic mass is 10.2. The molecular weight excluding hydrogens is 358 g/mol. The SMILES string of the molecule is COc1cccc(/C=C/S(=O)(=O)c2ccc([N+](=O)[O-])cc2)c1OC(C)C. The van der Waals surface area contributed by atoms with Gasteiger partial charge in [-0.1, -0.05) is 12.1 Å². The second-order valence-electron chi connectivity index (χ2n) is 5.64. The molecule has 0 saturated heterocycles. The van der Waals surface area contributed by atoms with Crippen LogP contribution in [0.25, 0.3) is 6.08 Å². The van der Waals surface area contributed by atoms with Crippen molar-refractivity contribution in [2.24, 2.45) is 0 Å². The molecule has 0 aliphatic rings. The molecule has 0 radical (unpaired) electrons. The third-order valence-electron chi connectivity index (χ3n) is 3.39. The highest BCUT2D eigenvalue weighted by Crippen LogP contribution is 2.33. The van der Waals surface area contributed by atoms with Crippen LogP contribution in [-0.2, 0) is 9.84 Å². The standard InChI is InChI=1S/C18H19NO6S/c1-13(2)25-18-14(5-4-6-17(18)24-3)11-12-26(22,23)16-9-7-15(8-10-16)19(20)21/h4-13H,1-3H3/b12-11+. The van der Waals surface area contributed by atoms with Crippen LogP contribution in [0.1, 0.15) is 19.4 Å². The van der Waals surface area contributed by atoms with Gasteiger partial charge in [-0.25, -0.2) is 8.42 Å². The second-order valence-corrected chi connectivity index (χ2v) is 7.48. The van der Waals surface area contributed by atoms with E-state index in [0.29, 0.717) is 17.1 Å². The fraction of sp³-hybridized carbons (Fsp3) is 0.222. The van der Waals surface area contributed by atoms with Crippen molar-refractivity contribution >= 4 is 21.6 Å². The number of hydrogen-bond donors (Lipinski definition) is 0. The summed E-state index contributed by atoms with van der Waals surface area (Å²) in [6, 6.07) is 9.87. The summed E-state index contributed by atoms with van der Waals surface area (Å²) < 4.78 is 35.9. The molecule has 0 aliphatic carbocycles. The van der Waals surface area contributed by atoms with Crippen molar-refractivity contribution in [2.75, 3.05) is 7.11 Å². The molecule has 2 rings (SSSR count). The number of para-hydroxylation sites is 1. The van der Waals surface area contributed by atoms with Crippen LogP contribution in [0, 0.1) is 10.1 Å². The molecule has 0 heterocycles. The van der Waals surface area contributed by atoms with Gasteiger partial charge in [-0.2, -0.15) is 0 Å². The van der Waals surface area contributed by atoms with Crippen LogP contribution in [-0.4, -0.2) is 26.6 Å². The van der Waals surface area contributed by atoms with Crippen LogP contribution >= 0.6 is 0 Å². The van der Waals surface area contributed by atoms with Crippen molar-refractivity contribution in [3.8, 4) is 11.5 Å². The van der Waals surface area contributed by atoms with Gasteiger partial charge in [0.2, 0.25) is 0 Å². The van der Waals surface area contributed by atoms with Crippen LogP contribution in [0.4, 0.5) is 5.69 Å². The lowest BCUT2D eigenvalue weighted by molar-refractivity contribution is -0.384. The Bertz CT molecular complexity index is 917. The molecule has 2 aromatic rings. The molecule has 7 nitrogen and oxygen atoms in total. The van der Waals surface area contributed by atoms with Crippen molar-refractivity contribution < 1.29 is 22.8 Å². The van der Waals surface area contributed by atoms with Crippen molar-refractivity contribution in [2.45, 2.75) is 24.8 Å². The predicted octanol–water partition coefficient (Wildman–Crippen LogP) is 3.84. The molecule has 0 spiro atoms. The lowest BCUT2D eigenvalue weighted by Gasteiger charge is -2.15. The third kappa shape index (κ3) is 4.60. The first kappa shape index (κ1) is 19.5. The third-order valence-corrected chi connectivity index (χ3v) is 4.81. The normalized spacial score (nSPS) is 11.7. The van der Waals surface area contributed by atoms with E-state index >= 15 is 0 Å². The zero-order chi connectivity index (χ0) is 19.3. The molecule has 0 atom stereocenters. The minimum atomic E-state index is -3.77. The van der Waals surface area contributed by atoms with Crippen molar-refractivity contribution in [1.29, 1.82) is 0 Å². The number of sulfone groups is 1. The van der Waals surface area contributed by atoms with Gasteiger partial charge in [0.1, 0.15) is 0 Å². The molecule has 2 aromatic carbocycles. The maximum absolute atomic E-state index is 12.4. The number of non-ortho nitro benzene ring substituents is 1. The summed E-state index contributed by atoms with van der Waals surface area (Å²) in [6.45, 7) is 3.71. The molecule has 0 amide bonds. The Labute approximate surface area is 151 Å². The van der Waals surface area contributed by atoms with Gasteiger partial charge in [-0.05, 0) is 38.1 Å². The zero-order valence-corrected chi connectivity index (χ0v) is 15.4. The van der Waals surface area contributed by atoms with Gasteiger partial charge in [0.25, 0.3) is 5.69 Å². The Morgan fingerprint density at radius 2 is 1.77 bits per heavy atom. The van der Waals surface area contributed by atoms with E-state index in [1.165, 1.54) is 25.3 Å². The molecule has 0 bridgehead atoms. The Hall–Kier alpha value is -2.87. The molecule has 0 fully saturated rings. The Morgan fingerprint density at radius 1 is 1.12 bits per heavy atom. The highest BCUT2D eigenvalue weighted by atomic mass is 32.2. The topological polar surface area (TPSA) is 95.7 Å². The Balaban J connectivity index is 2.37. The molecule has 26 heavy (non-hydrogen) atoms. The maximum atomic E-state index is 12.4. The first-order chi connectivity index (χ1) is 12.2. The van der Waals surface area contributed by atoms with E-state index in [0.717, 1.165) is 17.5 Å². The van der Waals surface area contributed by atoms with Crippen LogP contribution in [0.2, 0.25) is 0 Å². The Morgan fingerprint density at radius 3 is 2.31 bits per heavy atom. The second kappa shape index (κ2) is 8.01. The molecule has 0 N–H and O–H groups in total. The average Bonchev–Trinajstić information content (AvgIpc) is 2.60. The molecule has 0 aliphatic heterocycles. The smallest absolute Gasteiger partial charge is 0.269 e. The number of benzene rings is 2. The number of methoxy groups -OCH3 is 1. The highest BCUT2D eigenvalue weighted by Gasteiger charge is 2.15. The number of hydrogen-bond acceptors (Lipinski definition) is 6. The van der Waals surface area contributed by atoms with Gasteiger partial charge >= 0.3 is 0 Å². The van der Waals surface area contributed by atoms with Gasteiger partial charge in [-0.15, -0.1) is 0 Å². The van der Waals surface area contributed by atoms with E-state index < -0.39 is 14.8 Å². The zero-order valence-electron chi connectivity index (χ0n) is 14.6. The van der Waals surface area contributed by atoms with Crippen LogP contribution in [0.15, 0.2) is 52.8 Å². The molecule has 0 unspecified atom stereocenters. The van der Waals surface area contributed by atoms with Crippen LogP contribution in [0.5, 0.6) is 11.5 Å². The fourth-order valence-electron chi connectivity index (χ4n) is 2.19. The fourth-order valence-corrected chi connectivity index (χ4v) is 3.18.